The first kappa shape index (κ1) is 12.3. The molecule has 0 saturated heterocycles. The highest BCUT2D eigenvalue weighted by Crippen LogP contribution is 2.28. The predicted octanol–water partition coefficient (Wildman–Crippen LogP) is 2.29. The van der Waals surface area contributed by atoms with Crippen LogP contribution in [0.2, 0.25) is 0 Å². The Morgan fingerprint density at radius 1 is 1.31 bits per heavy atom. The standard InChI is InChI=1S/C11H12FNO.C2H2/c1-7-5-10-8(6-9(7)12)3-4-11(14)13(10)2;1-2/h5-6H,3-4H2,1-2H3;1-2H. The molecule has 0 atom stereocenters. The van der Waals surface area contributed by atoms with Crippen molar-refractivity contribution >= 4 is 11.6 Å². The van der Waals surface area contributed by atoms with E-state index in [1.165, 1.54) is 6.07 Å². The molecule has 0 saturated carbocycles. The van der Waals surface area contributed by atoms with Gasteiger partial charge in [0.1, 0.15) is 5.82 Å². The molecule has 0 spiro atoms. The SMILES string of the molecule is C#C.Cc1cc2c(cc1F)CCC(=O)N2C. The van der Waals surface area contributed by atoms with Crippen LogP contribution in [0.15, 0.2) is 12.1 Å². The maximum atomic E-state index is 13.2. The summed E-state index contributed by atoms with van der Waals surface area (Å²) in [6.45, 7) is 1.71. The maximum absolute atomic E-state index is 13.2. The van der Waals surface area contributed by atoms with Crippen LogP contribution in [-0.2, 0) is 11.2 Å². The van der Waals surface area contributed by atoms with E-state index in [0.717, 1.165) is 11.3 Å². The van der Waals surface area contributed by atoms with Gasteiger partial charge in [-0.15, -0.1) is 12.8 Å². The van der Waals surface area contributed by atoms with E-state index in [4.69, 9.17) is 0 Å². The van der Waals surface area contributed by atoms with Gasteiger partial charge in [-0.05, 0) is 36.6 Å². The number of hydrogen-bond donors (Lipinski definition) is 0. The fourth-order valence-corrected chi connectivity index (χ4v) is 1.76. The lowest BCUT2D eigenvalue weighted by atomic mass is 9.99. The minimum Gasteiger partial charge on any atom is -0.315 e. The van der Waals surface area contributed by atoms with E-state index in [2.05, 4.69) is 12.8 Å². The Morgan fingerprint density at radius 3 is 2.56 bits per heavy atom. The molecule has 0 aromatic heterocycles. The number of terminal acetylenes is 1. The number of benzene rings is 1. The van der Waals surface area contributed by atoms with E-state index in [1.54, 1.807) is 24.9 Å². The minimum absolute atomic E-state index is 0.100. The summed E-state index contributed by atoms with van der Waals surface area (Å²) in [7, 11) is 1.73. The van der Waals surface area contributed by atoms with E-state index in [1.807, 2.05) is 0 Å². The molecule has 16 heavy (non-hydrogen) atoms. The number of aryl methyl sites for hydroxylation is 2. The first-order valence-corrected chi connectivity index (χ1v) is 4.98. The van der Waals surface area contributed by atoms with Gasteiger partial charge in [-0.2, -0.15) is 0 Å². The van der Waals surface area contributed by atoms with E-state index < -0.39 is 0 Å². The molecule has 1 aromatic carbocycles. The first-order chi connectivity index (χ1) is 7.59. The number of carbonyl (C=O) groups excluding carboxylic acids is 1. The summed E-state index contributed by atoms with van der Waals surface area (Å²) in [6.07, 6.45) is 9.13. The molecule has 0 bridgehead atoms. The molecular formula is C13H14FNO. The summed E-state index contributed by atoms with van der Waals surface area (Å²) in [5, 5.41) is 0. The lowest BCUT2D eigenvalue weighted by molar-refractivity contribution is -0.118. The van der Waals surface area contributed by atoms with Crippen LogP contribution >= 0.6 is 0 Å². The number of anilines is 1. The van der Waals surface area contributed by atoms with Crippen molar-refractivity contribution in [1.82, 2.24) is 0 Å². The Morgan fingerprint density at radius 2 is 1.94 bits per heavy atom. The quantitative estimate of drug-likeness (QED) is 0.613. The second-order valence-electron chi connectivity index (χ2n) is 3.68. The third kappa shape index (κ3) is 2.06. The second kappa shape index (κ2) is 4.80. The van der Waals surface area contributed by atoms with Gasteiger partial charge in [0.2, 0.25) is 5.91 Å². The maximum Gasteiger partial charge on any atom is 0.227 e. The van der Waals surface area contributed by atoms with Crippen LogP contribution in [0.4, 0.5) is 10.1 Å². The summed E-state index contributed by atoms with van der Waals surface area (Å²) in [5.74, 6) is -0.0880. The average molecular weight is 219 g/mol. The summed E-state index contributed by atoms with van der Waals surface area (Å²) in [4.78, 5) is 13.0. The zero-order valence-corrected chi connectivity index (χ0v) is 9.46. The number of amides is 1. The molecule has 0 N–H and O–H groups in total. The Kier molecular flexibility index (Phi) is 3.68. The smallest absolute Gasteiger partial charge is 0.227 e. The molecule has 1 aromatic rings. The van der Waals surface area contributed by atoms with Crippen LogP contribution in [0, 0.1) is 25.6 Å². The minimum atomic E-state index is -0.188. The zero-order valence-electron chi connectivity index (χ0n) is 9.46. The van der Waals surface area contributed by atoms with Crippen molar-refractivity contribution in [3.05, 3.63) is 29.1 Å². The lowest BCUT2D eigenvalue weighted by Crippen LogP contribution is -2.31. The van der Waals surface area contributed by atoms with Crippen molar-refractivity contribution in [3.8, 4) is 12.8 Å². The Balaban J connectivity index is 0.000000606. The van der Waals surface area contributed by atoms with Crippen molar-refractivity contribution in [2.24, 2.45) is 0 Å². The van der Waals surface area contributed by atoms with Crippen LogP contribution in [0.3, 0.4) is 0 Å². The summed E-state index contributed by atoms with van der Waals surface area (Å²) in [5.41, 5.74) is 2.36. The van der Waals surface area contributed by atoms with Crippen molar-refractivity contribution in [2.75, 3.05) is 11.9 Å². The zero-order chi connectivity index (χ0) is 12.3. The van der Waals surface area contributed by atoms with Crippen LogP contribution in [0.1, 0.15) is 17.5 Å². The fourth-order valence-electron chi connectivity index (χ4n) is 1.76. The molecule has 0 aliphatic carbocycles. The normalized spacial score (nSPS) is 13.8. The monoisotopic (exact) mass is 219 g/mol. The van der Waals surface area contributed by atoms with Crippen molar-refractivity contribution in [1.29, 1.82) is 0 Å². The van der Waals surface area contributed by atoms with E-state index in [-0.39, 0.29) is 11.7 Å². The fraction of sp³-hybridized carbons (Fsp3) is 0.308. The van der Waals surface area contributed by atoms with Gasteiger partial charge in [0.05, 0.1) is 0 Å². The van der Waals surface area contributed by atoms with Gasteiger partial charge >= 0.3 is 0 Å². The first-order valence-electron chi connectivity index (χ1n) is 4.98. The molecule has 1 aliphatic rings. The molecule has 0 fully saturated rings. The molecule has 3 heteroatoms. The Bertz CT molecular complexity index is 437. The second-order valence-corrected chi connectivity index (χ2v) is 3.68. The molecule has 1 amide bonds. The van der Waals surface area contributed by atoms with Gasteiger partial charge in [-0.3, -0.25) is 4.79 Å². The average Bonchev–Trinajstić information content (AvgIpc) is 2.30. The van der Waals surface area contributed by atoms with Crippen LogP contribution in [0.25, 0.3) is 0 Å². The third-order valence-corrected chi connectivity index (χ3v) is 2.70. The lowest BCUT2D eigenvalue weighted by Gasteiger charge is -2.26. The topological polar surface area (TPSA) is 20.3 Å². The van der Waals surface area contributed by atoms with Crippen LogP contribution < -0.4 is 4.90 Å². The third-order valence-electron chi connectivity index (χ3n) is 2.70. The van der Waals surface area contributed by atoms with Crippen molar-refractivity contribution in [3.63, 3.8) is 0 Å². The molecule has 2 nitrogen and oxygen atoms in total. The number of carbonyl (C=O) groups is 1. The van der Waals surface area contributed by atoms with Crippen molar-refractivity contribution in [2.45, 2.75) is 19.8 Å². The van der Waals surface area contributed by atoms with Gasteiger partial charge in [0, 0.05) is 19.2 Å². The molecule has 2 rings (SSSR count). The Labute approximate surface area is 95.1 Å². The highest BCUT2D eigenvalue weighted by atomic mass is 19.1. The molecule has 1 heterocycles. The van der Waals surface area contributed by atoms with Gasteiger partial charge in [-0.1, -0.05) is 0 Å². The Hall–Kier alpha value is -1.82. The number of hydrogen-bond acceptors (Lipinski definition) is 1. The van der Waals surface area contributed by atoms with Gasteiger partial charge < -0.3 is 4.90 Å². The van der Waals surface area contributed by atoms with Crippen LogP contribution in [0.5, 0.6) is 0 Å². The number of nitrogens with zero attached hydrogens (tertiary/aromatic N) is 1. The highest BCUT2D eigenvalue weighted by Gasteiger charge is 2.21. The predicted molar refractivity (Wildman–Crippen MR) is 62.8 cm³/mol. The van der Waals surface area contributed by atoms with Gasteiger partial charge in [0.15, 0.2) is 0 Å². The molecular weight excluding hydrogens is 205 g/mol. The van der Waals surface area contributed by atoms with Crippen LogP contribution in [-0.4, -0.2) is 13.0 Å². The molecule has 1 aliphatic heterocycles. The summed E-state index contributed by atoms with van der Waals surface area (Å²) < 4.78 is 13.2. The molecule has 84 valence electrons. The van der Waals surface area contributed by atoms with E-state index in [9.17, 15) is 9.18 Å². The summed E-state index contributed by atoms with van der Waals surface area (Å²) in [6, 6.07) is 3.27. The van der Waals surface area contributed by atoms with Crippen molar-refractivity contribution < 1.29 is 9.18 Å². The highest BCUT2D eigenvalue weighted by molar-refractivity contribution is 5.95. The molecule has 0 unspecified atom stereocenters. The number of halogens is 1. The largest absolute Gasteiger partial charge is 0.315 e. The number of rotatable bonds is 0. The van der Waals surface area contributed by atoms with Gasteiger partial charge in [-0.25, -0.2) is 4.39 Å². The van der Waals surface area contributed by atoms with E-state index >= 15 is 0 Å². The van der Waals surface area contributed by atoms with Gasteiger partial charge in [0.25, 0.3) is 0 Å². The number of fused-ring (bicyclic) bond motifs is 1. The van der Waals surface area contributed by atoms with E-state index in [0.29, 0.717) is 18.4 Å². The molecule has 0 radical (unpaired) electrons. The summed E-state index contributed by atoms with van der Waals surface area (Å²) >= 11 is 0.